The Kier molecular flexibility index (Phi) is 1.96. The van der Waals surface area contributed by atoms with Crippen LogP contribution in [0.15, 0.2) is 16.7 Å². The van der Waals surface area contributed by atoms with Crippen molar-refractivity contribution in [1.82, 2.24) is 10.2 Å². The Balaban J connectivity index is 2.04. The molecule has 2 heterocycles. The highest BCUT2D eigenvalue weighted by atomic mass is 79.9. The average Bonchev–Trinajstić information content (AvgIpc) is 3.02. The van der Waals surface area contributed by atoms with E-state index in [2.05, 4.69) is 32.2 Å². The smallest absolute Gasteiger partial charge is 0.196 e. The Morgan fingerprint density at radius 2 is 2.18 bits per heavy atom. The standard InChI is InChI=1S/C12H11BrN2O2/c13-11-8-6-14-15-9(8)5-7-1-2-12(10(7)11)16-3-4-17-12/h5-6H,1-4H2,(H,14,15). The van der Waals surface area contributed by atoms with Crippen molar-refractivity contribution in [3.8, 4) is 0 Å². The number of hydrogen-bond acceptors (Lipinski definition) is 3. The van der Waals surface area contributed by atoms with Crippen LogP contribution in [0.25, 0.3) is 10.9 Å². The molecule has 88 valence electrons. The third kappa shape index (κ3) is 1.22. The van der Waals surface area contributed by atoms with Crippen molar-refractivity contribution in [2.45, 2.75) is 18.6 Å². The van der Waals surface area contributed by atoms with Crippen LogP contribution in [-0.4, -0.2) is 23.4 Å². The predicted octanol–water partition coefficient (Wildman–Crippen LogP) is 2.47. The van der Waals surface area contributed by atoms with E-state index in [0.717, 1.165) is 33.8 Å². The van der Waals surface area contributed by atoms with Gasteiger partial charge < -0.3 is 9.47 Å². The summed E-state index contributed by atoms with van der Waals surface area (Å²) in [6, 6.07) is 2.15. The van der Waals surface area contributed by atoms with Gasteiger partial charge in [0, 0.05) is 21.8 Å². The monoisotopic (exact) mass is 294 g/mol. The van der Waals surface area contributed by atoms with E-state index in [1.54, 1.807) is 0 Å². The largest absolute Gasteiger partial charge is 0.343 e. The molecule has 1 fully saturated rings. The molecule has 2 aromatic rings. The Hall–Kier alpha value is -0.910. The summed E-state index contributed by atoms with van der Waals surface area (Å²) in [7, 11) is 0. The summed E-state index contributed by atoms with van der Waals surface area (Å²) in [6.45, 7) is 1.35. The third-order valence-electron chi connectivity index (χ3n) is 3.62. The number of rotatable bonds is 0. The van der Waals surface area contributed by atoms with Crippen LogP contribution in [-0.2, 0) is 21.7 Å². The van der Waals surface area contributed by atoms with Crippen molar-refractivity contribution in [3.63, 3.8) is 0 Å². The maximum Gasteiger partial charge on any atom is 0.196 e. The van der Waals surface area contributed by atoms with E-state index < -0.39 is 5.79 Å². The van der Waals surface area contributed by atoms with Gasteiger partial charge in [-0.15, -0.1) is 0 Å². The molecule has 0 radical (unpaired) electrons. The predicted molar refractivity (Wildman–Crippen MR) is 65.7 cm³/mol. The molecule has 1 aromatic heterocycles. The number of halogens is 1. The Morgan fingerprint density at radius 3 is 3.00 bits per heavy atom. The minimum absolute atomic E-state index is 0.514. The molecule has 0 atom stereocenters. The summed E-state index contributed by atoms with van der Waals surface area (Å²) >= 11 is 3.68. The third-order valence-corrected chi connectivity index (χ3v) is 4.45. The van der Waals surface area contributed by atoms with E-state index in [9.17, 15) is 0 Å². The van der Waals surface area contributed by atoms with Crippen LogP contribution in [0, 0.1) is 0 Å². The normalized spacial score (nSPS) is 21.5. The first-order valence-electron chi connectivity index (χ1n) is 5.73. The highest BCUT2D eigenvalue weighted by Crippen LogP contribution is 2.48. The van der Waals surface area contributed by atoms with Crippen LogP contribution < -0.4 is 0 Å². The lowest BCUT2D eigenvalue weighted by molar-refractivity contribution is -0.163. The summed E-state index contributed by atoms with van der Waals surface area (Å²) in [4.78, 5) is 0. The molecule has 0 saturated carbocycles. The van der Waals surface area contributed by atoms with Gasteiger partial charge in [-0.2, -0.15) is 5.10 Å². The van der Waals surface area contributed by atoms with Crippen molar-refractivity contribution in [2.75, 3.05) is 13.2 Å². The van der Waals surface area contributed by atoms with Gasteiger partial charge in [0.15, 0.2) is 5.79 Å². The lowest BCUT2D eigenvalue weighted by Crippen LogP contribution is -2.24. The zero-order valence-corrected chi connectivity index (χ0v) is 10.7. The molecule has 17 heavy (non-hydrogen) atoms. The summed E-state index contributed by atoms with van der Waals surface area (Å²) < 4.78 is 12.8. The van der Waals surface area contributed by atoms with E-state index in [1.165, 1.54) is 5.56 Å². The number of ether oxygens (including phenoxy) is 2. The zero-order chi connectivity index (χ0) is 11.5. The number of aromatic amines is 1. The fraction of sp³-hybridized carbons (Fsp3) is 0.417. The number of aromatic nitrogens is 2. The first-order valence-corrected chi connectivity index (χ1v) is 6.52. The molecule has 0 unspecified atom stereocenters. The topological polar surface area (TPSA) is 47.1 Å². The SMILES string of the molecule is Brc1c2c(cc3[nH]ncc13)CCC21OCCO1. The lowest BCUT2D eigenvalue weighted by atomic mass is 10.0. The van der Waals surface area contributed by atoms with Crippen LogP contribution in [0.1, 0.15) is 17.5 Å². The van der Waals surface area contributed by atoms with Crippen LogP contribution in [0.4, 0.5) is 0 Å². The fourth-order valence-electron chi connectivity index (χ4n) is 2.88. The second-order valence-electron chi connectivity index (χ2n) is 4.51. The quantitative estimate of drug-likeness (QED) is 0.812. The molecule has 1 aliphatic heterocycles. The second-order valence-corrected chi connectivity index (χ2v) is 5.30. The van der Waals surface area contributed by atoms with Gasteiger partial charge in [0.2, 0.25) is 0 Å². The minimum Gasteiger partial charge on any atom is -0.343 e. The number of H-pyrrole nitrogens is 1. The zero-order valence-electron chi connectivity index (χ0n) is 9.12. The molecular formula is C12H11BrN2O2. The molecule has 4 rings (SSSR count). The average molecular weight is 295 g/mol. The number of hydrogen-bond donors (Lipinski definition) is 1. The molecule has 0 bridgehead atoms. The summed E-state index contributed by atoms with van der Waals surface area (Å²) in [6.07, 6.45) is 3.73. The van der Waals surface area contributed by atoms with E-state index >= 15 is 0 Å². The highest BCUT2D eigenvalue weighted by molar-refractivity contribution is 9.10. The number of nitrogens with one attached hydrogen (secondary N) is 1. The van der Waals surface area contributed by atoms with Gasteiger partial charge in [0.1, 0.15) is 0 Å². The van der Waals surface area contributed by atoms with Crippen molar-refractivity contribution >= 4 is 26.8 Å². The van der Waals surface area contributed by atoms with Crippen molar-refractivity contribution in [1.29, 1.82) is 0 Å². The molecule has 1 aliphatic carbocycles. The molecular weight excluding hydrogens is 284 g/mol. The first kappa shape index (κ1) is 10.1. The molecule has 2 aliphatic rings. The summed E-state index contributed by atoms with van der Waals surface area (Å²) in [5.41, 5.74) is 3.50. The second kappa shape index (κ2) is 3.31. The highest BCUT2D eigenvalue weighted by Gasteiger charge is 2.46. The van der Waals surface area contributed by atoms with Crippen LogP contribution in [0.3, 0.4) is 0 Å². The maximum absolute atomic E-state index is 5.85. The van der Waals surface area contributed by atoms with E-state index in [4.69, 9.17) is 9.47 Å². The number of benzene rings is 1. The van der Waals surface area contributed by atoms with E-state index in [1.807, 2.05) is 6.20 Å². The molecule has 4 nitrogen and oxygen atoms in total. The van der Waals surface area contributed by atoms with Gasteiger partial charge >= 0.3 is 0 Å². The Bertz CT molecular complexity index is 602. The van der Waals surface area contributed by atoms with Gasteiger partial charge in [0.25, 0.3) is 0 Å². The fourth-order valence-corrected chi connectivity index (χ4v) is 3.75. The minimum atomic E-state index is -0.514. The molecule has 1 saturated heterocycles. The van der Waals surface area contributed by atoms with Gasteiger partial charge in [-0.3, -0.25) is 5.10 Å². The molecule has 1 aromatic carbocycles. The van der Waals surface area contributed by atoms with Gasteiger partial charge in [-0.25, -0.2) is 0 Å². The molecule has 5 heteroatoms. The Labute approximate surface area is 106 Å². The van der Waals surface area contributed by atoms with Crippen molar-refractivity contribution in [2.24, 2.45) is 0 Å². The number of aryl methyl sites for hydroxylation is 1. The first-order chi connectivity index (χ1) is 8.30. The van der Waals surface area contributed by atoms with E-state index in [-0.39, 0.29) is 0 Å². The lowest BCUT2D eigenvalue weighted by Gasteiger charge is -2.24. The molecule has 1 N–H and O–H groups in total. The Morgan fingerprint density at radius 1 is 1.35 bits per heavy atom. The van der Waals surface area contributed by atoms with Crippen molar-refractivity contribution < 1.29 is 9.47 Å². The van der Waals surface area contributed by atoms with Crippen LogP contribution in [0.2, 0.25) is 0 Å². The van der Waals surface area contributed by atoms with Gasteiger partial charge in [-0.05, 0) is 34.0 Å². The molecule has 0 amide bonds. The number of nitrogens with zero attached hydrogens (tertiary/aromatic N) is 1. The maximum atomic E-state index is 5.85. The van der Waals surface area contributed by atoms with Crippen molar-refractivity contribution in [3.05, 3.63) is 27.9 Å². The van der Waals surface area contributed by atoms with E-state index in [0.29, 0.717) is 13.2 Å². The van der Waals surface area contributed by atoms with Crippen LogP contribution in [0.5, 0.6) is 0 Å². The molecule has 1 spiro atoms. The van der Waals surface area contributed by atoms with Crippen LogP contribution >= 0.6 is 15.9 Å². The van der Waals surface area contributed by atoms with Gasteiger partial charge in [0.05, 0.1) is 24.9 Å². The summed E-state index contributed by atoms with van der Waals surface area (Å²) in [5.74, 6) is -0.514. The summed E-state index contributed by atoms with van der Waals surface area (Å²) in [5, 5.41) is 8.18. The van der Waals surface area contributed by atoms with Gasteiger partial charge in [-0.1, -0.05) is 0 Å². The number of fused-ring (bicyclic) bond motifs is 3.